The molecule has 0 radical (unpaired) electrons. The van der Waals surface area contributed by atoms with E-state index in [9.17, 15) is 0 Å². The zero-order chi connectivity index (χ0) is 19.0. The van der Waals surface area contributed by atoms with E-state index in [0.717, 1.165) is 52.3 Å². The van der Waals surface area contributed by atoms with Crippen molar-refractivity contribution >= 4 is 11.2 Å². The molecular formula is C22H30N4. The van der Waals surface area contributed by atoms with E-state index < -0.39 is 0 Å². The predicted octanol–water partition coefficient (Wildman–Crippen LogP) is 5.40. The molecule has 0 atom stereocenters. The van der Waals surface area contributed by atoms with Crippen LogP contribution in [0, 0.1) is 0 Å². The molecular weight excluding hydrogens is 320 g/mol. The summed E-state index contributed by atoms with van der Waals surface area (Å²) < 4.78 is 2.10. The van der Waals surface area contributed by atoms with Crippen molar-refractivity contribution in [3.8, 4) is 11.3 Å². The minimum Gasteiger partial charge on any atom is -0.334 e. The molecule has 0 saturated carbocycles. The summed E-state index contributed by atoms with van der Waals surface area (Å²) in [6.45, 7) is 13.1. The Kier molecular flexibility index (Phi) is 5.12. The predicted molar refractivity (Wildman–Crippen MR) is 109 cm³/mol. The molecule has 3 rings (SSSR count). The van der Waals surface area contributed by atoms with Crippen LogP contribution in [0.2, 0.25) is 0 Å². The maximum atomic E-state index is 5.06. The molecule has 0 aromatic carbocycles. The van der Waals surface area contributed by atoms with Gasteiger partial charge < -0.3 is 4.57 Å². The van der Waals surface area contributed by atoms with Gasteiger partial charge in [-0.1, -0.05) is 41.5 Å². The van der Waals surface area contributed by atoms with Gasteiger partial charge in [0.25, 0.3) is 0 Å². The number of nitrogens with zero attached hydrogens (tertiary/aromatic N) is 4. The molecule has 3 aromatic heterocycles. The first kappa shape index (κ1) is 18.6. The highest BCUT2D eigenvalue weighted by Crippen LogP contribution is 2.31. The number of pyridine rings is 1. The van der Waals surface area contributed by atoms with E-state index in [2.05, 4.69) is 71.5 Å². The maximum absolute atomic E-state index is 5.06. The first-order valence-electron chi connectivity index (χ1n) is 9.73. The van der Waals surface area contributed by atoms with E-state index in [1.807, 2.05) is 0 Å². The molecule has 4 nitrogen and oxygen atoms in total. The lowest BCUT2D eigenvalue weighted by Gasteiger charge is -2.14. The molecule has 0 aliphatic rings. The van der Waals surface area contributed by atoms with Crippen molar-refractivity contribution in [2.45, 2.75) is 66.2 Å². The largest absolute Gasteiger partial charge is 0.334 e. The number of rotatable bonds is 5. The fourth-order valence-electron chi connectivity index (χ4n) is 3.44. The Morgan fingerprint density at radius 2 is 1.58 bits per heavy atom. The zero-order valence-corrected chi connectivity index (χ0v) is 17.1. The quantitative estimate of drug-likeness (QED) is 0.618. The van der Waals surface area contributed by atoms with Crippen LogP contribution in [0.1, 0.15) is 76.0 Å². The van der Waals surface area contributed by atoms with Gasteiger partial charge in [0.1, 0.15) is 5.52 Å². The second-order valence-electron chi connectivity index (χ2n) is 7.63. The third-order valence-corrected chi connectivity index (χ3v) is 5.02. The molecule has 26 heavy (non-hydrogen) atoms. The molecule has 0 bridgehead atoms. The molecule has 0 saturated heterocycles. The lowest BCUT2D eigenvalue weighted by atomic mass is 10.0. The van der Waals surface area contributed by atoms with Crippen molar-refractivity contribution in [2.75, 3.05) is 0 Å². The average molecular weight is 351 g/mol. The van der Waals surface area contributed by atoms with E-state index in [4.69, 9.17) is 15.0 Å². The Morgan fingerprint density at radius 1 is 0.885 bits per heavy atom. The fourth-order valence-corrected chi connectivity index (χ4v) is 3.44. The molecule has 0 amide bonds. The van der Waals surface area contributed by atoms with Crippen LogP contribution in [0.3, 0.4) is 0 Å². The second kappa shape index (κ2) is 7.18. The smallest absolute Gasteiger partial charge is 0.159 e. The maximum Gasteiger partial charge on any atom is 0.159 e. The topological polar surface area (TPSA) is 43.6 Å². The lowest BCUT2D eigenvalue weighted by Crippen LogP contribution is -2.04. The summed E-state index contributed by atoms with van der Waals surface area (Å²) in [5, 5.41) is 0. The monoisotopic (exact) mass is 350 g/mol. The Balaban J connectivity index is 2.26. The molecule has 0 aliphatic carbocycles. The molecule has 0 fully saturated rings. The van der Waals surface area contributed by atoms with Gasteiger partial charge in [-0.25, -0.2) is 9.97 Å². The third kappa shape index (κ3) is 3.13. The first-order valence-corrected chi connectivity index (χ1v) is 9.73. The second-order valence-corrected chi connectivity index (χ2v) is 7.63. The van der Waals surface area contributed by atoms with Crippen LogP contribution < -0.4 is 0 Å². The summed E-state index contributed by atoms with van der Waals surface area (Å²) in [5.74, 6) is 0.858. The molecule has 138 valence electrons. The fraction of sp³-hybridized carbons (Fsp3) is 0.500. The molecule has 0 aliphatic heterocycles. The van der Waals surface area contributed by atoms with Crippen LogP contribution in [-0.2, 0) is 19.9 Å². The number of hydrogen-bond donors (Lipinski definition) is 0. The normalized spacial score (nSPS) is 11.9. The SMILES string of the molecule is CCc1nc(C(C)C)ccc1-c1nc2c(nc1CC)c(C(C)C)cn2C. The number of hydrogen-bond acceptors (Lipinski definition) is 3. The van der Waals surface area contributed by atoms with Gasteiger partial charge in [-0.05, 0) is 36.8 Å². The highest BCUT2D eigenvalue weighted by molar-refractivity contribution is 5.80. The van der Waals surface area contributed by atoms with Gasteiger partial charge in [0.15, 0.2) is 5.65 Å². The summed E-state index contributed by atoms with van der Waals surface area (Å²) >= 11 is 0. The first-order chi connectivity index (χ1) is 12.4. The van der Waals surface area contributed by atoms with E-state index >= 15 is 0 Å². The van der Waals surface area contributed by atoms with Gasteiger partial charge in [-0.15, -0.1) is 0 Å². The van der Waals surface area contributed by atoms with Crippen molar-refractivity contribution in [3.05, 3.63) is 41.0 Å². The molecule has 3 aromatic rings. The Morgan fingerprint density at radius 3 is 2.15 bits per heavy atom. The van der Waals surface area contributed by atoms with Gasteiger partial charge in [0, 0.05) is 35.8 Å². The van der Waals surface area contributed by atoms with E-state index in [1.165, 1.54) is 5.56 Å². The van der Waals surface area contributed by atoms with Gasteiger partial charge in [-0.3, -0.25) is 4.98 Å². The summed E-state index contributed by atoms with van der Waals surface area (Å²) in [5.41, 5.74) is 8.66. The van der Waals surface area contributed by atoms with Crippen LogP contribution in [0.15, 0.2) is 18.3 Å². The van der Waals surface area contributed by atoms with Crippen LogP contribution in [0.5, 0.6) is 0 Å². The van der Waals surface area contributed by atoms with Gasteiger partial charge in [-0.2, -0.15) is 0 Å². The van der Waals surface area contributed by atoms with Crippen molar-refractivity contribution in [1.29, 1.82) is 0 Å². The summed E-state index contributed by atoms with van der Waals surface area (Å²) in [6.07, 6.45) is 3.92. The number of aromatic nitrogens is 4. The van der Waals surface area contributed by atoms with Crippen LogP contribution >= 0.6 is 0 Å². The Labute approximate surface area is 156 Å². The third-order valence-electron chi connectivity index (χ3n) is 5.02. The summed E-state index contributed by atoms with van der Waals surface area (Å²) in [6, 6.07) is 4.32. The van der Waals surface area contributed by atoms with Crippen molar-refractivity contribution in [1.82, 2.24) is 19.5 Å². The van der Waals surface area contributed by atoms with Crippen LogP contribution in [0.25, 0.3) is 22.4 Å². The summed E-state index contributed by atoms with van der Waals surface area (Å²) in [7, 11) is 2.05. The van der Waals surface area contributed by atoms with Gasteiger partial charge >= 0.3 is 0 Å². The highest BCUT2D eigenvalue weighted by atomic mass is 15.0. The highest BCUT2D eigenvalue weighted by Gasteiger charge is 2.19. The summed E-state index contributed by atoms with van der Waals surface area (Å²) in [4.78, 5) is 15.0. The Bertz CT molecular complexity index is 935. The average Bonchev–Trinajstić information content (AvgIpc) is 2.96. The molecule has 0 unspecified atom stereocenters. The zero-order valence-electron chi connectivity index (χ0n) is 17.1. The molecule has 4 heteroatoms. The minimum atomic E-state index is 0.426. The van der Waals surface area contributed by atoms with E-state index in [0.29, 0.717) is 11.8 Å². The lowest BCUT2D eigenvalue weighted by molar-refractivity contribution is 0.807. The Hall–Kier alpha value is -2.23. The molecule has 0 spiro atoms. The van der Waals surface area contributed by atoms with Crippen LogP contribution in [-0.4, -0.2) is 19.5 Å². The number of aryl methyl sites for hydroxylation is 3. The minimum absolute atomic E-state index is 0.426. The number of fused-ring (bicyclic) bond motifs is 1. The van der Waals surface area contributed by atoms with Gasteiger partial charge in [0.2, 0.25) is 0 Å². The molecule has 0 N–H and O–H groups in total. The van der Waals surface area contributed by atoms with E-state index in [1.54, 1.807) is 0 Å². The standard InChI is InChI=1S/C22H30N4/c1-8-17-15(10-11-19(23-17)14(5)6)20-18(9-2)24-21-16(13(3)4)12-26(7)22(21)25-20/h10-14H,8-9H2,1-7H3. The van der Waals surface area contributed by atoms with Gasteiger partial charge in [0.05, 0.1) is 11.4 Å². The molecule has 3 heterocycles. The van der Waals surface area contributed by atoms with Crippen molar-refractivity contribution in [3.63, 3.8) is 0 Å². The van der Waals surface area contributed by atoms with Crippen molar-refractivity contribution < 1.29 is 0 Å². The van der Waals surface area contributed by atoms with Crippen molar-refractivity contribution in [2.24, 2.45) is 7.05 Å². The van der Waals surface area contributed by atoms with Crippen LogP contribution in [0.4, 0.5) is 0 Å². The van der Waals surface area contributed by atoms with E-state index in [-0.39, 0.29) is 0 Å².